The Morgan fingerprint density at radius 3 is 1.59 bits per heavy atom. The molecule has 272 valence electrons. The molecule has 1 aromatic heterocycles. The second-order valence-electron chi connectivity index (χ2n) is 15.0. The molecule has 0 radical (unpaired) electrons. The molecule has 2 heteroatoms. The molecular weight excluding hydrogens is 701 g/mol. The maximum absolute atomic E-state index is 2.47. The van der Waals surface area contributed by atoms with Crippen LogP contribution in [0.3, 0.4) is 0 Å². The number of hydrogen-bond acceptors (Lipinski definition) is 1. The Hall–Kier alpha value is -7.68. The number of hydrogen-bond donors (Lipinski definition) is 0. The van der Waals surface area contributed by atoms with Crippen LogP contribution >= 0.6 is 0 Å². The van der Waals surface area contributed by atoms with E-state index in [2.05, 4.69) is 240 Å². The Kier molecular flexibility index (Phi) is 8.19. The molecule has 11 rings (SSSR count). The van der Waals surface area contributed by atoms with Crippen LogP contribution < -0.4 is 4.90 Å². The number of fused-ring (bicyclic) bond motifs is 5. The van der Waals surface area contributed by atoms with E-state index in [1.807, 2.05) is 0 Å². The minimum Gasteiger partial charge on any atom is -0.309 e. The summed E-state index contributed by atoms with van der Waals surface area (Å²) >= 11 is 0. The van der Waals surface area contributed by atoms with Crippen LogP contribution in [0.2, 0.25) is 0 Å². The molecule has 0 unspecified atom stereocenters. The maximum atomic E-state index is 2.47. The number of anilines is 3. The zero-order chi connectivity index (χ0) is 38.4. The summed E-state index contributed by atoms with van der Waals surface area (Å²) < 4.78 is 2.40. The number of rotatable bonds is 7. The van der Waals surface area contributed by atoms with E-state index in [9.17, 15) is 0 Å². The SMILES string of the molecule is c1ccc(-c2ccccc2N(c2cccc(-c3ccc4cc(-c5ccc6ccccc6c5)ccc4c3)c2)c2cccc3c2c2ccccc2n3-c2ccccc2)cc1. The summed E-state index contributed by atoms with van der Waals surface area (Å²) in [7, 11) is 0. The Balaban J connectivity index is 1.08. The Morgan fingerprint density at radius 1 is 0.310 bits per heavy atom. The second kappa shape index (κ2) is 14.1. The highest BCUT2D eigenvalue weighted by Gasteiger charge is 2.23. The number of benzene rings is 10. The molecule has 0 bridgehead atoms. The van der Waals surface area contributed by atoms with E-state index < -0.39 is 0 Å². The van der Waals surface area contributed by atoms with Crippen LogP contribution in [0.5, 0.6) is 0 Å². The van der Waals surface area contributed by atoms with Crippen molar-refractivity contribution in [1.29, 1.82) is 0 Å². The molecule has 0 saturated heterocycles. The van der Waals surface area contributed by atoms with Gasteiger partial charge in [0.25, 0.3) is 0 Å². The lowest BCUT2D eigenvalue weighted by molar-refractivity contribution is 1.18. The van der Waals surface area contributed by atoms with Gasteiger partial charge in [0, 0.05) is 27.7 Å². The van der Waals surface area contributed by atoms with Crippen LogP contribution in [0.4, 0.5) is 17.1 Å². The third-order valence-electron chi connectivity index (χ3n) is 11.5. The van der Waals surface area contributed by atoms with Crippen molar-refractivity contribution >= 4 is 60.4 Å². The smallest absolute Gasteiger partial charge is 0.0562 e. The lowest BCUT2D eigenvalue weighted by Gasteiger charge is -2.29. The fourth-order valence-electron chi connectivity index (χ4n) is 8.78. The molecule has 2 nitrogen and oxygen atoms in total. The normalized spacial score (nSPS) is 11.4. The predicted octanol–water partition coefficient (Wildman–Crippen LogP) is 15.6. The van der Waals surface area contributed by atoms with Crippen molar-refractivity contribution in [3.63, 3.8) is 0 Å². The maximum Gasteiger partial charge on any atom is 0.0562 e. The van der Waals surface area contributed by atoms with Crippen LogP contribution in [-0.2, 0) is 0 Å². The Bertz CT molecular complexity index is 3290. The fourth-order valence-corrected chi connectivity index (χ4v) is 8.78. The van der Waals surface area contributed by atoms with E-state index in [1.54, 1.807) is 0 Å². The summed E-state index contributed by atoms with van der Waals surface area (Å²) in [6, 6.07) is 83.8. The molecule has 1 heterocycles. The van der Waals surface area contributed by atoms with Crippen molar-refractivity contribution in [3.8, 4) is 39.1 Å². The Labute approximate surface area is 338 Å². The first-order valence-electron chi connectivity index (χ1n) is 19.9. The third kappa shape index (κ3) is 5.82. The van der Waals surface area contributed by atoms with Gasteiger partial charge in [0.05, 0.1) is 22.4 Å². The summed E-state index contributed by atoms with van der Waals surface area (Å²) in [5.74, 6) is 0. The van der Waals surface area contributed by atoms with Gasteiger partial charge in [-0.1, -0.05) is 164 Å². The Morgan fingerprint density at radius 2 is 0.828 bits per heavy atom. The molecule has 11 aromatic rings. The molecule has 58 heavy (non-hydrogen) atoms. The minimum absolute atomic E-state index is 1.09. The molecule has 0 aliphatic rings. The largest absolute Gasteiger partial charge is 0.309 e. The average molecular weight is 739 g/mol. The van der Waals surface area contributed by atoms with Crippen molar-refractivity contribution in [2.24, 2.45) is 0 Å². The van der Waals surface area contributed by atoms with Gasteiger partial charge in [0.1, 0.15) is 0 Å². The van der Waals surface area contributed by atoms with Gasteiger partial charge in [-0.05, 0) is 116 Å². The van der Waals surface area contributed by atoms with Gasteiger partial charge in [-0.15, -0.1) is 0 Å². The minimum atomic E-state index is 1.09. The van der Waals surface area contributed by atoms with Crippen LogP contribution in [0.25, 0.3) is 82.4 Å². The quantitative estimate of drug-likeness (QED) is 0.158. The standard InChI is InChI=1S/C56H38N2/c1-3-16-40(17-4-1)50-23-9-11-25-52(50)58(55-28-14-27-54-56(55)51-24-10-12-26-53(51)57(54)48-20-5-2-6-21-48)49-22-13-19-42(38-49)43-31-32-47-37-46(34-33-45(47)36-43)44-30-29-39-15-7-8-18-41(39)35-44/h1-38H. The molecule has 0 aliphatic carbocycles. The molecule has 0 saturated carbocycles. The summed E-state index contributed by atoms with van der Waals surface area (Å²) in [5, 5.41) is 7.39. The van der Waals surface area contributed by atoms with Crippen LogP contribution in [0.1, 0.15) is 0 Å². The number of aromatic nitrogens is 1. The number of nitrogens with zero attached hydrogens (tertiary/aromatic N) is 2. The lowest BCUT2D eigenvalue weighted by atomic mass is 9.96. The molecule has 0 spiro atoms. The summed E-state index contributed by atoms with van der Waals surface area (Å²) in [5.41, 5.74) is 14.0. The zero-order valence-electron chi connectivity index (χ0n) is 31.8. The van der Waals surface area contributed by atoms with Gasteiger partial charge in [-0.3, -0.25) is 0 Å². The van der Waals surface area contributed by atoms with Crippen molar-refractivity contribution < 1.29 is 0 Å². The van der Waals surface area contributed by atoms with Gasteiger partial charge >= 0.3 is 0 Å². The van der Waals surface area contributed by atoms with Crippen LogP contribution in [0.15, 0.2) is 231 Å². The van der Waals surface area contributed by atoms with Crippen LogP contribution in [-0.4, -0.2) is 4.57 Å². The highest BCUT2D eigenvalue weighted by atomic mass is 15.2. The summed E-state index contributed by atoms with van der Waals surface area (Å²) in [4.78, 5) is 2.47. The molecule has 0 N–H and O–H groups in total. The molecule has 0 amide bonds. The molecule has 0 fully saturated rings. The fraction of sp³-hybridized carbons (Fsp3) is 0. The number of para-hydroxylation sites is 3. The average Bonchev–Trinajstić information content (AvgIpc) is 3.64. The highest BCUT2D eigenvalue weighted by Crippen LogP contribution is 2.47. The molecule has 0 atom stereocenters. The first kappa shape index (κ1) is 33.6. The van der Waals surface area contributed by atoms with E-state index in [0.29, 0.717) is 0 Å². The van der Waals surface area contributed by atoms with Gasteiger partial charge < -0.3 is 9.47 Å². The van der Waals surface area contributed by atoms with Gasteiger partial charge in [0.15, 0.2) is 0 Å². The molecular formula is C56H38N2. The van der Waals surface area contributed by atoms with E-state index in [1.165, 1.54) is 76.7 Å². The predicted molar refractivity (Wildman–Crippen MR) is 247 cm³/mol. The van der Waals surface area contributed by atoms with Gasteiger partial charge in [-0.2, -0.15) is 0 Å². The van der Waals surface area contributed by atoms with Gasteiger partial charge in [-0.25, -0.2) is 0 Å². The first-order valence-corrected chi connectivity index (χ1v) is 19.9. The van der Waals surface area contributed by atoms with Crippen molar-refractivity contribution in [2.45, 2.75) is 0 Å². The monoisotopic (exact) mass is 738 g/mol. The topological polar surface area (TPSA) is 8.17 Å². The van der Waals surface area contributed by atoms with Crippen molar-refractivity contribution in [1.82, 2.24) is 4.57 Å². The second-order valence-corrected chi connectivity index (χ2v) is 15.0. The lowest BCUT2D eigenvalue weighted by Crippen LogP contribution is -2.12. The zero-order valence-corrected chi connectivity index (χ0v) is 31.8. The third-order valence-corrected chi connectivity index (χ3v) is 11.5. The summed E-state index contributed by atoms with van der Waals surface area (Å²) in [6.45, 7) is 0. The first-order chi connectivity index (χ1) is 28.8. The summed E-state index contributed by atoms with van der Waals surface area (Å²) in [6.07, 6.45) is 0. The highest BCUT2D eigenvalue weighted by molar-refractivity contribution is 6.17. The van der Waals surface area contributed by atoms with Crippen LogP contribution in [0, 0.1) is 0 Å². The van der Waals surface area contributed by atoms with E-state index in [4.69, 9.17) is 0 Å². The molecule has 0 aliphatic heterocycles. The molecule has 10 aromatic carbocycles. The van der Waals surface area contributed by atoms with Crippen molar-refractivity contribution in [2.75, 3.05) is 4.90 Å². The van der Waals surface area contributed by atoms with Crippen molar-refractivity contribution in [3.05, 3.63) is 231 Å². The van der Waals surface area contributed by atoms with E-state index in [-0.39, 0.29) is 0 Å². The van der Waals surface area contributed by atoms with E-state index in [0.717, 1.165) is 22.7 Å². The van der Waals surface area contributed by atoms with E-state index >= 15 is 0 Å². The van der Waals surface area contributed by atoms with Gasteiger partial charge in [0.2, 0.25) is 0 Å².